The van der Waals surface area contributed by atoms with E-state index in [1.807, 2.05) is 30.3 Å². The molecule has 0 aromatic heterocycles. The van der Waals surface area contributed by atoms with E-state index in [1.54, 1.807) is 24.3 Å². The van der Waals surface area contributed by atoms with Crippen LogP contribution in [-0.4, -0.2) is 12.6 Å². The third kappa shape index (κ3) is 4.27. The van der Waals surface area contributed by atoms with Crippen molar-refractivity contribution < 1.29 is 14.3 Å². The summed E-state index contributed by atoms with van der Waals surface area (Å²) < 4.78 is 12.8. The fraction of sp³-hybridized carbons (Fsp3) is 0.190. The summed E-state index contributed by atoms with van der Waals surface area (Å²) in [7, 11) is 0. The van der Waals surface area contributed by atoms with E-state index in [0.717, 1.165) is 38.3 Å². The van der Waals surface area contributed by atoms with Crippen LogP contribution < -0.4 is 9.47 Å². The second-order valence-corrected chi connectivity index (χ2v) is 7.48. The molecule has 0 N–H and O–H groups in total. The first-order valence-electron chi connectivity index (χ1n) is 8.42. The highest BCUT2D eigenvalue weighted by molar-refractivity contribution is 9.11. The van der Waals surface area contributed by atoms with Crippen LogP contribution in [0.1, 0.15) is 30.1 Å². The molecule has 5 heteroatoms. The van der Waals surface area contributed by atoms with Crippen LogP contribution in [-0.2, 0) is 0 Å². The van der Waals surface area contributed by atoms with Crippen molar-refractivity contribution in [2.45, 2.75) is 19.8 Å². The molecule has 0 amide bonds. The van der Waals surface area contributed by atoms with Crippen molar-refractivity contribution in [3.8, 4) is 11.5 Å². The van der Waals surface area contributed by atoms with Crippen LogP contribution in [0.4, 0.5) is 0 Å². The van der Waals surface area contributed by atoms with Crippen LogP contribution in [0.5, 0.6) is 11.5 Å². The maximum Gasteiger partial charge on any atom is 0.343 e. The molecule has 0 spiro atoms. The average Bonchev–Trinajstić information content (AvgIpc) is 2.65. The van der Waals surface area contributed by atoms with Gasteiger partial charge in [-0.2, -0.15) is 0 Å². The Morgan fingerprint density at radius 1 is 1.00 bits per heavy atom. The summed E-state index contributed by atoms with van der Waals surface area (Å²) in [5, 5.41) is 2.08. The summed E-state index contributed by atoms with van der Waals surface area (Å²) in [6, 6.07) is 16.9. The monoisotopic (exact) mass is 476 g/mol. The Bertz CT molecular complexity index is 938. The van der Waals surface area contributed by atoms with Gasteiger partial charge < -0.3 is 9.47 Å². The number of benzene rings is 3. The summed E-state index contributed by atoms with van der Waals surface area (Å²) in [4.78, 5) is 12.5. The summed E-state index contributed by atoms with van der Waals surface area (Å²) in [6.07, 6.45) is 2.06. The number of unbranched alkanes of at least 4 members (excludes halogenated alkanes) is 1. The number of halogens is 2. The molecule has 134 valence electrons. The summed E-state index contributed by atoms with van der Waals surface area (Å²) >= 11 is 7.00. The van der Waals surface area contributed by atoms with Crippen LogP contribution in [0.25, 0.3) is 10.8 Å². The molecule has 0 bridgehead atoms. The quantitative estimate of drug-likeness (QED) is 0.223. The van der Waals surface area contributed by atoms with E-state index in [1.165, 1.54) is 0 Å². The van der Waals surface area contributed by atoms with Crippen LogP contribution >= 0.6 is 31.9 Å². The highest BCUT2D eigenvalue weighted by Crippen LogP contribution is 2.34. The van der Waals surface area contributed by atoms with Gasteiger partial charge in [-0.1, -0.05) is 43.7 Å². The van der Waals surface area contributed by atoms with Gasteiger partial charge in [-0.05, 0) is 73.3 Å². The van der Waals surface area contributed by atoms with Crippen molar-refractivity contribution in [3.05, 3.63) is 69.1 Å². The number of rotatable bonds is 6. The van der Waals surface area contributed by atoms with Crippen molar-refractivity contribution in [2.75, 3.05) is 6.61 Å². The molecule has 0 saturated carbocycles. The zero-order valence-corrected chi connectivity index (χ0v) is 17.5. The fourth-order valence-electron chi connectivity index (χ4n) is 2.52. The molecule has 0 saturated heterocycles. The zero-order valence-electron chi connectivity index (χ0n) is 14.3. The second-order valence-electron chi connectivity index (χ2n) is 5.84. The molecule has 0 aliphatic carbocycles. The highest BCUT2D eigenvalue weighted by atomic mass is 79.9. The maximum absolute atomic E-state index is 12.5. The maximum atomic E-state index is 12.5. The molecule has 0 aliphatic rings. The Kier molecular flexibility index (Phi) is 6.33. The van der Waals surface area contributed by atoms with E-state index < -0.39 is 5.97 Å². The summed E-state index contributed by atoms with van der Waals surface area (Å²) in [5.41, 5.74) is 0.458. The topological polar surface area (TPSA) is 35.5 Å². The van der Waals surface area contributed by atoms with Crippen molar-refractivity contribution in [3.63, 3.8) is 0 Å². The number of carbonyl (C=O) groups is 1. The van der Waals surface area contributed by atoms with Gasteiger partial charge in [0, 0.05) is 0 Å². The fourth-order valence-corrected chi connectivity index (χ4v) is 3.59. The molecule has 0 unspecified atom stereocenters. The molecule has 0 aliphatic heterocycles. The van der Waals surface area contributed by atoms with E-state index in [-0.39, 0.29) is 0 Å². The van der Waals surface area contributed by atoms with Gasteiger partial charge in [0.25, 0.3) is 0 Å². The van der Waals surface area contributed by atoms with Crippen LogP contribution in [0.15, 0.2) is 63.5 Å². The smallest absolute Gasteiger partial charge is 0.343 e. The molecule has 3 aromatic carbocycles. The minimum atomic E-state index is -0.415. The van der Waals surface area contributed by atoms with Crippen LogP contribution in [0.2, 0.25) is 0 Å². The van der Waals surface area contributed by atoms with Crippen molar-refractivity contribution in [2.24, 2.45) is 0 Å². The van der Waals surface area contributed by atoms with Gasteiger partial charge in [0.15, 0.2) is 0 Å². The van der Waals surface area contributed by atoms with Gasteiger partial charge in [-0.25, -0.2) is 4.79 Å². The van der Waals surface area contributed by atoms with Crippen molar-refractivity contribution in [1.82, 2.24) is 0 Å². The Balaban J connectivity index is 1.78. The molecule has 0 fully saturated rings. The molecular formula is C21H18Br2O3. The second kappa shape index (κ2) is 8.69. The van der Waals surface area contributed by atoms with Gasteiger partial charge in [0.2, 0.25) is 0 Å². The van der Waals surface area contributed by atoms with Gasteiger partial charge in [-0.15, -0.1) is 0 Å². The molecule has 0 radical (unpaired) electrons. The predicted molar refractivity (Wildman–Crippen MR) is 111 cm³/mol. The largest absolute Gasteiger partial charge is 0.492 e. The first-order valence-corrected chi connectivity index (χ1v) is 10.0. The Labute approximate surface area is 169 Å². The lowest BCUT2D eigenvalue weighted by Gasteiger charge is -2.11. The van der Waals surface area contributed by atoms with Crippen molar-refractivity contribution >= 4 is 48.6 Å². The van der Waals surface area contributed by atoms with Gasteiger partial charge in [0.1, 0.15) is 11.5 Å². The lowest BCUT2D eigenvalue weighted by molar-refractivity contribution is 0.0733. The third-order valence-electron chi connectivity index (χ3n) is 3.95. The van der Waals surface area contributed by atoms with E-state index in [0.29, 0.717) is 17.9 Å². The minimum Gasteiger partial charge on any atom is -0.492 e. The number of fused-ring (bicyclic) bond motifs is 1. The molecule has 0 heterocycles. The normalized spacial score (nSPS) is 10.7. The highest BCUT2D eigenvalue weighted by Gasteiger charge is 2.14. The third-order valence-corrected chi connectivity index (χ3v) is 5.39. The molecule has 3 rings (SSSR count). The number of hydrogen-bond acceptors (Lipinski definition) is 3. The van der Waals surface area contributed by atoms with E-state index in [2.05, 4.69) is 38.8 Å². The molecule has 26 heavy (non-hydrogen) atoms. The van der Waals surface area contributed by atoms with Gasteiger partial charge in [0.05, 0.1) is 21.1 Å². The first kappa shape index (κ1) is 18.9. The number of ether oxygens (including phenoxy) is 2. The molecule has 0 atom stereocenters. The number of hydrogen-bond donors (Lipinski definition) is 0. The first-order chi connectivity index (χ1) is 12.6. The van der Waals surface area contributed by atoms with Crippen LogP contribution in [0, 0.1) is 0 Å². The lowest BCUT2D eigenvalue weighted by atomic mass is 10.1. The molecular weight excluding hydrogens is 460 g/mol. The molecule has 3 nitrogen and oxygen atoms in total. The minimum absolute atomic E-state index is 0.415. The predicted octanol–water partition coefficient (Wildman–Crippen LogP) is 6.76. The standard InChI is InChI=1S/C21H18Br2O3/c1-2-3-12-25-18-10-9-15(13-17(18)22)21(24)26-19-11-8-14-6-4-5-7-16(14)20(19)23/h4-11,13H,2-3,12H2,1H3. The number of esters is 1. The van der Waals surface area contributed by atoms with E-state index in [4.69, 9.17) is 9.47 Å². The molecule has 3 aromatic rings. The Morgan fingerprint density at radius 2 is 1.77 bits per heavy atom. The van der Waals surface area contributed by atoms with Gasteiger partial charge >= 0.3 is 5.97 Å². The van der Waals surface area contributed by atoms with Crippen LogP contribution in [0.3, 0.4) is 0 Å². The van der Waals surface area contributed by atoms with Gasteiger partial charge in [-0.3, -0.25) is 0 Å². The average molecular weight is 478 g/mol. The zero-order chi connectivity index (χ0) is 18.5. The summed E-state index contributed by atoms with van der Waals surface area (Å²) in [5.74, 6) is 0.803. The summed E-state index contributed by atoms with van der Waals surface area (Å²) in [6.45, 7) is 2.77. The lowest BCUT2D eigenvalue weighted by Crippen LogP contribution is -2.09. The number of carbonyl (C=O) groups excluding carboxylic acids is 1. The SMILES string of the molecule is CCCCOc1ccc(C(=O)Oc2ccc3ccccc3c2Br)cc1Br. The van der Waals surface area contributed by atoms with E-state index in [9.17, 15) is 4.79 Å². The Hall–Kier alpha value is -1.85. The van der Waals surface area contributed by atoms with Crippen molar-refractivity contribution in [1.29, 1.82) is 0 Å². The van der Waals surface area contributed by atoms with E-state index >= 15 is 0 Å². The Morgan fingerprint density at radius 3 is 2.54 bits per heavy atom.